The maximum absolute atomic E-state index is 5.88. The number of pyridine rings is 4. The molecule has 8 aromatic carbocycles. The van der Waals surface area contributed by atoms with Crippen molar-refractivity contribution >= 4 is 79.0 Å². The predicted octanol–water partition coefficient (Wildman–Crippen LogP) is 26.5. The van der Waals surface area contributed by atoms with Gasteiger partial charge in [-0.05, 0) is 210 Å². The molecule has 7 heterocycles. The average Bonchev–Trinajstić information content (AvgIpc) is 0.725. The van der Waals surface area contributed by atoms with Gasteiger partial charge in [0.05, 0.1) is 45.2 Å². The van der Waals surface area contributed by atoms with Gasteiger partial charge in [0.25, 0.3) is 6.71 Å². The van der Waals surface area contributed by atoms with Gasteiger partial charge in [0.2, 0.25) is 0 Å². The molecular weight excluding hydrogens is 1360 g/mol. The Balaban J connectivity index is 1.18. The van der Waals surface area contributed by atoms with Gasteiger partial charge in [-0.1, -0.05) is 272 Å². The maximum atomic E-state index is 5.88. The summed E-state index contributed by atoms with van der Waals surface area (Å²) in [6, 6.07) is 82.0. The fourth-order valence-electron chi connectivity index (χ4n) is 16.5. The van der Waals surface area contributed by atoms with Crippen LogP contribution in [-0.2, 0) is 48.7 Å². The van der Waals surface area contributed by atoms with E-state index in [1.807, 2.05) is 0 Å². The molecule has 2 aliphatic heterocycles. The van der Waals surface area contributed by atoms with Crippen molar-refractivity contribution in [2.24, 2.45) is 0 Å². The van der Waals surface area contributed by atoms with E-state index >= 15 is 0 Å². The SMILES string of the molecule is CC(C)(C)c1cc(-c2cccc(C(C)(C)C)n2)c(N2c3ccc(-c4ccccc4)cc3B3c4ccc(-n5c6ccc(C(C)(C)C)cc6c6cc(C(C)(C)C)ccc65)cc4N(c4c(-c5cccc(C(C)(C)C)n5)cc(C(C)(C)C)cc4-c4cccc(C(C)(C)C)n4)c4cc(C(C)(C)C)cc2c43)c(-c2cccc(C(C)(C)C)n2)c1. The Hall–Kier alpha value is -10.2. The molecule has 0 aliphatic carbocycles. The van der Waals surface area contributed by atoms with Crippen LogP contribution >= 0.6 is 0 Å². The second kappa shape index (κ2) is 26.7. The first-order valence-electron chi connectivity index (χ1n) is 40.7. The first-order valence-corrected chi connectivity index (χ1v) is 40.7. The molecule has 0 fully saturated rings. The van der Waals surface area contributed by atoms with Crippen LogP contribution in [0.3, 0.4) is 0 Å². The first kappa shape index (κ1) is 77.2. The van der Waals surface area contributed by atoms with Crippen LogP contribution in [-0.4, -0.2) is 31.2 Å². The van der Waals surface area contributed by atoms with Gasteiger partial charge >= 0.3 is 0 Å². The zero-order valence-corrected chi connectivity index (χ0v) is 71.9. The Bertz CT molecular complexity index is 5670. The van der Waals surface area contributed by atoms with E-state index in [1.165, 1.54) is 55.0 Å². The molecule has 0 atom stereocenters. The lowest BCUT2D eigenvalue weighted by Gasteiger charge is -2.46. The van der Waals surface area contributed by atoms with Crippen LogP contribution in [0, 0.1) is 0 Å². The molecule has 0 amide bonds. The summed E-state index contributed by atoms with van der Waals surface area (Å²) in [4.78, 5) is 28.8. The van der Waals surface area contributed by atoms with Crippen LogP contribution in [0.25, 0.3) is 83.6 Å². The third-order valence-corrected chi connectivity index (χ3v) is 23.4. The van der Waals surface area contributed by atoms with Crippen LogP contribution in [0.1, 0.15) is 238 Å². The second-order valence-electron chi connectivity index (χ2n) is 41.4. The number of aromatic nitrogens is 5. The summed E-state index contributed by atoms with van der Waals surface area (Å²) in [7, 11) is 0. The summed E-state index contributed by atoms with van der Waals surface area (Å²) in [6.07, 6.45) is 0. The molecule has 0 bridgehead atoms. The summed E-state index contributed by atoms with van der Waals surface area (Å²) < 4.78 is 2.56. The van der Waals surface area contributed by atoms with Gasteiger partial charge in [0.1, 0.15) is 0 Å². The van der Waals surface area contributed by atoms with E-state index in [4.69, 9.17) is 19.9 Å². The molecule has 0 N–H and O–H groups in total. The minimum atomic E-state index is -0.390. The van der Waals surface area contributed by atoms with Crippen molar-refractivity contribution in [1.29, 1.82) is 0 Å². The lowest BCUT2D eigenvalue weighted by atomic mass is 9.33. The van der Waals surface area contributed by atoms with Crippen molar-refractivity contribution in [3.63, 3.8) is 0 Å². The molecule has 5 aromatic heterocycles. The Labute approximate surface area is 669 Å². The molecule has 112 heavy (non-hydrogen) atoms. The Morgan fingerprint density at radius 1 is 0.250 bits per heavy atom. The van der Waals surface area contributed by atoms with Gasteiger partial charge < -0.3 is 14.4 Å². The molecule has 570 valence electrons. The first-order chi connectivity index (χ1) is 52.2. The van der Waals surface area contributed by atoms with E-state index in [0.717, 1.165) is 130 Å². The molecule has 7 nitrogen and oxygen atoms in total. The fraction of sp³-hybridized carbons (Fsp3) is 0.346. The van der Waals surface area contributed by atoms with Crippen molar-refractivity contribution in [3.8, 4) is 61.8 Å². The third-order valence-electron chi connectivity index (χ3n) is 23.4. The smallest absolute Gasteiger partial charge is 0.252 e. The van der Waals surface area contributed by atoms with E-state index in [0.29, 0.717) is 0 Å². The van der Waals surface area contributed by atoms with Crippen molar-refractivity contribution in [3.05, 3.63) is 263 Å². The maximum Gasteiger partial charge on any atom is 0.252 e. The van der Waals surface area contributed by atoms with Crippen LogP contribution < -0.4 is 26.2 Å². The monoisotopic (exact) mass is 1470 g/mol. The molecule has 0 saturated carbocycles. The molecule has 15 rings (SSSR count). The zero-order valence-electron chi connectivity index (χ0n) is 71.9. The molecule has 0 spiro atoms. The lowest BCUT2D eigenvalue weighted by Crippen LogP contribution is -2.61. The number of hydrogen-bond acceptors (Lipinski definition) is 6. The summed E-state index contributed by atoms with van der Waals surface area (Å²) in [6.45, 7) is 62.3. The standard InChI is InChI=1S/C104H116BN7/c1-96(2,3)65-46-51-83-71(54-65)72-55-66(97(4,5)6)47-52-84(72)110(83)70-48-49-77-86(62-70)112(95-75(81-39-33-43-91(108-81)103(22,23)24)58-68(99(10,11)12)59-76(95)82-40-34-44-92(109-82)104(25,26)27)88-61-69(100(13,14)15)60-87-93(88)105(77)78-53-64(63-35-29-28-30-36-63)45-50-85(78)111(87)94-73(79-37-31-41-89(106-79)101(16,17)18)56-67(98(7,8)9)57-74(94)80-38-32-42-90(107-80)102(19,20)21/h28-62H,1-27H3. The minimum absolute atomic E-state index is 0.0805. The molecule has 13 aromatic rings. The van der Waals surface area contributed by atoms with Crippen LogP contribution in [0.15, 0.2) is 212 Å². The van der Waals surface area contributed by atoms with Gasteiger partial charge in [-0.3, -0.25) is 19.9 Å². The van der Waals surface area contributed by atoms with Gasteiger partial charge in [0.15, 0.2) is 0 Å². The van der Waals surface area contributed by atoms with Crippen LogP contribution in [0.5, 0.6) is 0 Å². The van der Waals surface area contributed by atoms with Crippen LogP contribution in [0.4, 0.5) is 34.1 Å². The lowest BCUT2D eigenvalue weighted by molar-refractivity contribution is 0.569. The summed E-state index contributed by atoms with van der Waals surface area (Å²) in [5, 5.41) is 2.49. The summed E-state index contributed by atoms with van der Waals surface area (Å²) in [5.74, 6) is 0. The number of hydrogen-bond donors (Lipinski definition) is 0. The van der Waals surface area contributed by atoms with Gasteiger partial charge in [0, 0.05) is 106 Å². The zero-order chi connectivity index (χ0) is 80.4. The molecular formula is C104H116BN7. The highest BCUT2D eigenvalue weighted by molar-refractivity contribution is 7.00. The topological polar surface area (TPSA) is 63.0 Å². The van der Waals surface area contributed by atoms with Crippen molar-refractivity contribution < 1.29 is 0 Å². The largest absolute Gasteiger partial charge is 0.310 e. The number of anilines is 6. The molecule has 2 aliphatic rings. The molecule has 0 radical (unpaired) electrons. The Morgan fingerprint density at radius 2 is 0.607 bits per heavy atom. The Kier molecular flexibility index (Phi) is 18.4. The number of nitrogens with zero attached hydrogens (tertiary/aromatic N) is 7. The molecule has 0 unspecified atom stereocenters. The highest BCUT2D eigenvalue weighted by Gasteiger charge is 2.47. The Morgan fingerprint density at radius 3 is 0.964 bits per heavy atom. The highest BCUT2D eigenvalue weighted by Crippen LogP contribution is 2.56. The fourth-order valence-corrected chi connectivity index (χ4v) is 16.5. The van der Waals surface area contributed by atoms with Crippen LogP contribution in [0.2, 0.25) is 0 Å². The summed E-state index contributed by atoms with van der Waals surface area (Å²) in [5.41, 5.74) is 31.5. The number of rotatable bonds is 8. The van der Waals surface area contributed by atoms with Crippen molar-refractivity contribution in [2.75, 3.05) is 9.80 Å². The second-order valence-corrected chi connectivity index (χ2v) is 41.4. The predicted molar refractivity (Wildman–Crippen MR) is 481 cm³/mol. The van der Waals surface area contributed by atoms with Gasteiger partial charge in [-0.2, -0.15) is 0 Å². The van der Waals surface area contributed by atoms with Gasteiger partial charge in [-0.25, -0.2) is 0 Å². The van der Waals surface area contributed by atoms with Crippen molar-refractivity contribution in [2.45, 2.75) is 236 Å². The van der Waals surface area contributed by atoms with E-state index < -0.39 is 5.41 Å². The highest BCUT2D eigenvalue weighted by atomic mass is 15.2. The van der Waals surface area contributed by atoms with E-state index in [1.54, 1.807) is 0 Å². The van der Waals surface area contributed by atoms with E-state index in [2.05, 4.69) is 414 Å². The van der Waals surface area contributed by atoms with Crippen molar-refractivity contribution in [1.82, 2.24) is 24.5 Å². The van der Waals surface area contributed by atoms with E-state index in [9.17, 15) is 0 Å². The minimum Gasteiger partial charge on any atom is -0.310 e. The normalized spacial score (nSPS) is 13.8. The number of benzene rings is 8. The molecule has 8 heteroatoms. The quantitative estimate of drug-likeness (QED) is 0.141. The average molecular weight is 1470 g/mol. The van der Waals surface area contributed by atoms with E-state index in [-0.39, 0.29) is 50.0 Å². The summed E-state index contributed by atoms with van der Waals surface area (Å²) >= 11 is 0. The molecule has 0 saturated heterocycles. The third kappa shape index (κ3) is 14.0. The number of fused-ring (bicyclic) bond motifs is 7. The van der Waals surface area contributed by atoms with Gasteiger partial charge in [-0.15, -0.1) is 0 Å².